The SMILES string of the molecule is O=C(O)[C@@H]1[C@@H]2CCCO[C@@H]2C12CCC2. The highest BCUT2D eigenvalue weighted by molar-refractivity contribution is 5.74. The summed E-state index contributed by atoms with van der Waals surface area (Å²) < 4.78 is 5.75. The van der Waals surface area contributed by atoms with Crippen LogP contribution in [0.2, 0.25) is 0 Å². The third kappa shape index (κ3) is 0.842. The Hall–Kier alpha value is -0.570. The predicted octanol–water partition coefficient (Wildman–Crippen LogP) is 1.67. The zero-order chi connectivity index (χ0) is 9.76. The Bertz CT molecular complexity index is 270. The second-order valence-corrected chi connectivity index (χ2v) is 5.00. The van der Waals surface area contributed by atoms with E-state index in [0.29, 0.717) is 5.92 Å². The van der Waals surface area contributed by atoms with Gasteiger partial charge in [0.05, 0.1) is 12.0 Å². The normalized spacial score (nSPS) is 43.6. The molecule has 1 saturated heterocycles. The molecule has 0 bridgehead atoms. The topological polar surface area (TPSA) is 46.5 Å². The van der Waals surface area contributed by atoms with Gasteiger partial charge in [-0.2, -0.15) is 0 Å². The number of rotatable bonds is 1. The molecule has 1 spiro atoms. The molecule has 0 aromatic carbocycles. The summed E-state index contributed by atoms with van der Waals surface area (Å²) in [6, 6.07) is 0. The van der Waals surface area contributed by atoms with Crippen molar-refractivity contribution in [1.82, 2.24) is 0 Å². The Labute approximate surface area is 83.4 Å². The fourth-order valence-electron chi connectivity index (χ4n) is 3.83. The lowest BCUT2D eigenvalue weighted by Gasteiger charge is -2.65. The van der Waals surface area contributed by atoms with Gasteiger partial charge in [0.2, 0.25) is 0 Å². The monoisotopic (exact) mass is 196 g/mol. The molecule has 2 aliphatic carbocycles. The first-order valence-electron chi connectivity index (χ1n) is 5.60. The van der Waals surface area contributed by atoms with Crippen LogP contribution in [0.1, 0.15) is 32.1 Å². The summed E-state index contributed by atoms with van der Waals surface area (Å²) in [5.41, 5.74) is 0.0525. The van der Waals surface area contributed by atoms with Gasteiger partial charge in [0.25, 0.3) is 0 Å². The van der Waals surface area contributed by atoms with Gasteiger partial charge in [0, 0.05) is 12.0 Å². The van der Waals surface area contributed by atoms with Gasteiger partial charge in [-0.3, -0.25) is 4.79 Å². The van der Waals surface area contributed by atoms with E-state index in [9.17, 15) is 9.90 Å². The highest BCUT2D eigenvalue weighted by Gasteiger charge is 2.68. The summed E-state index contributed by atoms with van der Waals surface area (Å²) in [6.45, 7) is 0.843. The molecule has 3 fully saturated rings. The maximum absolute atomic E-state index is 11.2. The van der Waals surface area contributed by atoms with E-state index in [1.165, 1.54) is 6.42 Å². The molecule has 0 radical (unpaired) electrons. The second-order valence-electron chi connectivity index (χ2n) is 5.00. The molecule has 0 unspecified atom stereocenters. The summed E-state index contributed by atoms with van der Waals surface area (Å²) >= 11 is 0. The molecule has 14 heavy (non-hydrogen) atoms. The molecular weight excluding hydrogens is 180 g/mol. The molecule has 3 nitrogen and oxygen atoms in total. The molecule has 1 N–H and O–H groups in total. The van der Waals surface area contributed by atoms with Crippen LogP contribution in [0.15, 0.2) is 0 Å². The lowest BCUT2D eigenvalue weighted by Crippen LogP contribution is -2.68. The first-order valence-corrected chi connectivity index (χ1v) is 5.60. The van der Waals surface area contributed by atoms with E-state index in [1.807, 2.05) is 0 Å². The highest BCUT2D eigenvalue weighted by Crippen LogP contribution is 2.65. The van der Waals surface area contributed by atoms with Gasteiger partial charge >= 0.3 is 5.97 Å². The van der Waals surface area contributed by atoms with Crippen molar-refractivity contribution in [3.8, 4) is 0 Å². The van der Waals surface area contributed by atoms with Crippen LogP contribution in [0, 0.1) is 17.3 Å². The Kier molecular flexibility index (Phi) is 1.69. The molecular formula is C11H16O3. The quantitative estimate of drug-likeness (QED) is 0.693. The largest absolute Gasteiger partial charge is 0.481 e. The fraction of sp³-hybridized carbons (Fsp3) is 0.909. The fourth-order valence-corrected chi connectivity index (χ4v) is 3.83. The Morgan fingerprint density at radius 1 is 1.36 bits per heavy atom. The minimum Gasteiger partial charge on any atom is -0.481 e. The minimum absolute atomic E-state index is 0.0525. The molecule has 0 amide bonds. The van der Waals surface area contributed by atoms with Gasteiger partial charge in [-0.25, -0.2) is 0 Å². The molecule has 3 rings (SSSR count). The van der Waals surface area contributed by atoms with Crippen molar-refractivity contribution < 1.29 is 14.6 Å². The summed E-state index contributed by atoms with van der Waals surface area (Å²) in [5.74, 6) is -0.362. The molecule has 2 saturated carbocycles. The smallest absolute Gasteiger partial charge is 0.307 e. The van der Waals surface area contributed by atoms with Crippen LogP contribution in [0.3, 0.4) is 0 Å². The van der Waals surface area contributed by atoms with E-state index in [2.05, 4.69) is 0 Å². The Morgan fingerprint density at radius 2 is 2.14 bits per heavy atom. The second kappa shape index (κ2) is 2.72. The molecule has 1 heterocycles. The summed E-state index contributed by atoms with van der Waals surface area (Å²) in [4.78, 5) is 11.2. The van der Waals surface area contributed by atoms with Crippen LogP contribution in [0.5, 0.6) is 0 Å². The number of carboxylic acid groups (broad SMARTS) is 1. The maximum Gasteiger partial charge on any atom is 0.307 e. The number of hydrogen-bond acceptors (Lipinski definition) is 2. The number of fused-ring (bicyclic) bond motifs is 2. The first-order chi connectivity index (χ1) is 6.76. The number of aliphatic carboxylic acids is 1. The number of carbonyl (C=O) groups is 1. The van der Waals surface area contributed by atoms with Crippen molar-refractivity contribution in [2.45, 2.75) is 38.2 Å². The van der Waals surface area contributed by atoms with Crippen LogP contribution >= 0.6 is 0 Å². The Balaban J connectivity index is 1.85. The van der Waals surface area contributed by atoms with E-state index in [1.54, 1.807) is 0 Å². The Morgan fingerprint density at radius 3 is 2.71 bits per heavy atom. The van der Waals surface area contributed by atoms with E-state index >= 15 is 0 Å². The lowest BCUT2D eigenvalue weighted by atomic mass is 9.42. The third-order valence-corrected chi connectivity index (χ3v) is 4.53. The number of ether oxygens (including phenoxy) is 1. The van der Waals surface area contributed by atoms with Crippen molar-refractivity contribution in [3.63, 3.8) is 0 Å². The molecule has 3 aliphatic rings. The minimum atomic E-state index is -0.587. The molecule has 1 aliphatic heterocycles. The van der Waals surface area contributed by atoms with E-state index < -0.39 is 5.97 Å². The maximum atomic E-state index is 11.2. The number of hydrogen-bond donors (Lipinski definition) is 1. The molecule has 78 valence electrons. The number of carboxylic acids is 1. The van der Waals surface area contributed by atoms with Crippen molar-refractivity contribution >= 4 is 5.97 Å². The molecule has 0 aromatic rings. The average Bonchev–Trinajstić information content (AvgIpc) is 2.03. The van der Waals surface area contributed by atoms with Gasteiger partial charge in [-0.1, -0.05) is 6.42 Å². The average molecular weight is 196 g/mol. The van der Waals surface area contributed by atoms with E-state index in [0.717, 1.165) is 32.3 Å². The van der Waals surface area contributed by atoms with Gasteiger partial charge in [-0.05, 0) is 31.6 Å². The molecule has 0 aromatic heterocycles. The lowest BCUT2D eigenvalue weighted by molar-refractivity contribution is -0.261. The predicted molar refractivity (Wildman–Crippen MR) is 49.9 cm³/mol. The highest BCUT2D eigenvalue weighted by atomic mass is 16.5. The van der Waals surface area contributed by atoms with E-state index in [4.69, 9.17) is 4.74 Å². The van der Waals surface area contributed by atoms with Crippen LogP contribution in [0.25, 0.3) is 0 Å². The van der Waals surface area contributed by atoms with Crippen molar-refractivity contribution in [2.24, 2.45) is 17.3 Å². The zero-order valence-electron chi connectivity index (χ0n) is 8.24. The van der Waals surface area contributed by atoms with Crippen LogP contribution in [0.4, 0.5) is 0 Å². The molecule has 3 atom stereocenters. The van der Waals surface area contributed by atoms with Crippen LogP contribution in [-0.4, -0.2) is 23.8 Å². The standard InChI is InChI=1S/C11H16O3/c12-10(13)8-7-3-1-6-14-9(7)11(8)4-2-5-11/h7-9H,1-6H2,(H,12,13)/t7-,8-,9-/m0/s1. The van der Waals surface area contributed by atoms with Crippen molar-refractivity contribution in [1.29, 1.82) is 0 Å². The van der Waals surface area contributed by atoms with Gasteiger partial charge < -0.3 is 9.84 Å². The van der Waals surface area contributed by atoms with Gasteiger partial charge in [0.15, 0.2) is 0 Å². The molecule has 3 heteroatoms. The van der Waals surface area contributed by atoms with Crippen LogP contribution in [-0.2, 0) is 9.53 Å². The summed E-state index contributed by atoms with van der Waals surface area (Å²) in [6.07, 6.45) is 5.72. The van der Waals surface area contributed by atoms with Crippen LogP contribution < -0.4 is 0 Å². The first kappa shape index (κ1) is 8.72. The van der Waals surface area contributed by atoms with Crippen molar-refractivity contribution in [3.05, 3.63) is 0 Å². The summed E-state index contributed by atoms with van der Waals surface area (Å²) in [5, 5.41) is 9.22. The zero-order valence-corrected chi connectivity index (χ0v) is 8.24. The van der Waals surface area contributed by atoms with Gasteiger partial charge in [-0.15, -0.1) is 0 Å². The van der Waals surface area contributed by atoms with Gasteiger partial charge in [0.1, 0.15) is 0 Å². The van der Waals surface area contributed by atoms with Crippen molar-refractivity contribution in [2.75, 3.05) is 6.61 Å². The van der Waals surface area contributed by atoms with E-state index in [-0.39, 0.29) is 17.4 Å². The third-order valence-electron chi connectivity index (χ3n) is 4.53. The summed E-state index contributed by atoms with van der Waals surface area (Å²) in [7, 11) is 0.